The van der Waals surface area contributed by atoms with Crippen LogP contribution >= 0.6 is 15.9 Å². The Bertz CT molecular complexity index is 616. The predicted octanol–water partition coefficient (Wildman–Crippen LogP) is 2.04. The van der Waals surface area contributed by atoms with Gasteiger partial charge in [-0.25, -0.2) is 18.4 Å². The van der Waals surface area contributed by atoms with Crippen molar-refractivity contribution in [3.63, 3.8) is 0 Å². The number of aromatic nitrogens is 2. The predicted molar refractivity (Wildman–Crippen MR) is 67.0 cm³/mol. The zero-order valence-corrected chi connectivity index (χ0v) is 10.9. The molecule has 7 heteroatoms. The van der Waals surface area contributed by atoms with Crippen LogP contribution in [0.5, 0.6) is 0 Å². The number of hydrogen-bond donors (Lipinski definition) is 1. The fraction of sp³-hybridized carbons (Fsp3) is 0. The number of sulfonamides is 1. The van der Waals surface area contributed by atoms with E-state index in [4.69, 9.17) is 0 Å². The van der Waals surface area contributed by atoms with Crippen molar-refractivity contribution in [3.8, 4) is 0 Å². The molecule has 5 nitrogen and oxygen atoms in total. The standard InChI is InChI=1S/C10H8BrN3O2S/c11-8-2-1-3-10(4-8)17(15,16)14-9-5-12-7-13-6-9/h1-7,14H. The Labute approximate surface area is 107 Å². The van der Waals surface area contributed by atoms with Crippen LogP contribution in [0.2, 0.25) is 0 Å². The lowest BCUT2D eigenvalue weighted by molar-refractivity contribution is 0.601. The molecule has 0 aliphatic carbocycles. The SMILES string of the molecule is O=S(=O)(Nc1cncnc1)c1cccc(Br)c1. The maximum absolute atomic E-state index is 12.0. The molecule has 0 aliphatic rings. The molecule has 0 spiro atoms. The normalized spacial score (nSPS) is 11.1. The number of nitrogens with zero attached hydrogens (tertiary/aromatic N) is 2. The van der Waals surface area contributed by atoms with E-state index in [0.717, 1.165) is 0 Å². The highest BCUT2D eigenvalue weighted by atomic mass is 79.9. The van der Waals surface area contributed by atoms with Gasteiger partial charge in [0.2, 0.25) is 0 Å². The van der Waals surface area contributed by atoms with Gasteiger partial charge >= 0.3 is 0 Å². The topological polar surface area (TPSA) is 72.0 Å². The second kappa shape index (κ2) is 4.80. The molecule has 0 saturated carbocycles. The minimum absolute atomic E-state index is 0.177. The van der Waals surface area contributed by atoms with Crippen molar-refractivity contribution in [1.82, 2.24) is 9.97 Å². The summed E-state index contributed by atoms with van der Waals surface area (Å²) in [5, 5.41) is 0. The largest absolute Gasteiger partial charge is 0.276 e. The molecule has 0 unspecified atom stereocenters. The number of halogens is 1. The lowest BCUT2D eigenvalue weighted by Crippen LogP contribution is -2.13. The van der Waals surface area contributed by atoms with Crippen LogP contribution in [0.25, 0.3) is 0 Å². The fourth-order valence-corrected chi connectivity index (χ4v) is 2.82. The van der Waals surface area contributed by atoms with E-state index in [1.807, 2.05) is 0 Å². The molecule has 1 N–H and O–H groups in total. The van der Waals surface area contributed by atoms with Crippen molar-refractivity contribution >= 4 is 31.6 Å². The molecule has 0 saturated heterocycles. The molecule has 0 atom stereocenters. The first-order valence-electron chi connectivity index (χ1n) is 4.61. The highest BCUT2D eigenvalue weighted by Crippen LogP contribution is 2.18. The Morgan fingerprint density at radius 2 is 1.88 bits per heavy atom. The molecule has 17 heavy (non-hydrogen) atoms. The Morgan fingerprint density at radius 3 is 2.53 bits per heavy atom. The number of hydrogen-bond acceptors (Lipinski definition) is 4. The maximum Gasteiger partial charge on any atom is 0.262 e. The van der Waals surface area contributed by atoms with Crippen LogP contribution in [-0.4, -0.2) is 18.4 Å². The molecule has 2 aromatic rings. The first-order chi connectivity index (χ1) is 8.08. The van der Waals surface area contributed by atoms with Crippen molar-refractivity contribution in [2.24, 2.45) is 0 Å². The first-order valence-corrected chi connectivity index (χ1v) is 6.89. The Hall–Kier alpha value is -1.47. The summed E-state index contributed by atoms with van der Waals surface area (Å²) in [5.74, 6) is 0. The van der Waals surface area contributed by atoms with Crippen LogP contribution < -0.4 is 4.72 Å². The molecule has 88 valence electrons. The Morgan fingerprint density at radius 1 is 1.18 bits per heavy atom. The van der Waals surface area contributed by atoms with E-state index in [1.54, 1.807) is 12.1 Å². The third-order valence-electron chi connectivity index (χ3n) is 1.92. The Balaban J connectivity index is 2.32. The smallest absolute Gasteiger partial charge is 0.262 e. The number of benzene rings is 1. The summed E-state index contributed by atoms with van der Waals surface area (Å²) in [6.07, 6.45) is 4.11. The van der Waals surface area contributed by atoms with E-state index in [2.05, 4.69) is 30.6 Å². The minimum atomic E-state index is -3.60. The summed E-state index contributed by atoms with van der Waals surface area (Å²) < 4.78 is 27.0. The summed E-state index contributed by atoms with van der Waals surface area (Å²) in [7, 11) is -3.60. The van der Waals surface area contributed by atoms with Crippen LogP contribution in [0, 0.1) is 0 Å². The third kappa shape index (κ3) is 3.01. The van der Waals surface area contributed by atoms with E-state index in [-0.39, 0.29) is 4.90 Å². The summed E-state index contributed by atoms with van der Waals surface area (Å²) >= 11 is 3.22. The van der Waals surface area contributed by atoms with E-state index in [9.17, 15) is 8.42 Å². The molecule has 0 bridgehead atoms. The van der Waals surface area contributed by atoms with Gasteiger partial charge in [0.15, 0.2) is 0 Å². The second-order valence-corrected chi connectivity index (χ2v) is 5.79. The molecule has 0 amide bonds. The van der Waals surface area contributed by atoms with Gasteiger partial charge in [-0.05, 0) is 18.2 Å². The summed E-state index contributed by atoms with van der Waals surface area (Å²) in [6, 6.07) is 6.44. The van der Waals surface area contributed by atoms with Gasteiger partial charge in [0.25, 0.3) is 10.0 Å². The van der Waals surface area contributed by atoms with Gasteiger partial charge in [0.1, 0.15) is 6.33 Å². The van der Waals surface area contributed by atoms with Crippen LogP contribution in [0.15, 0.2) is 52.4 Å². The van der Waals surface area contributed by atoms with Crippen molar-refractivity contribution in [2.75, 3.05) is 4.72 Å². The van der Waals surface area contributed by atoms with Gasteiger partial charge < -0.3 is 0 Å². The number of rotatable bonds is 3. The van der Waals surface area contributed by atoms with Crippen LogP contribution in [0.4, 0.5) is 5.69 Å². The van der Waals surface area contributed by atoms with E-state index in [1.165, 1.54) is 30.9 Å². The monoisotopic (exact) mass is 313 g/mol. The first kappa shape index (κ1) is 12.0. The molecule has 2 rings (SSSR count). The van der Waals surface area contributed by atoms with E-state index >= 15 is 0 Å². The molecule has 1 aromatic heterocycles. The Kier molecular flexibility index (Phi) is 3.39. The van der Waals surface area contributed by atoms with Crippen molar-refractivity contribution < 1.29 is 8.42 Å². The molecule has 1 heterocycles. The van der Waals surface area contributed by atoms with E-state index < -0.39 is 10.0 Å². The molecule has 1 aromatic carbocycles. The third-order valence-corrected chi connectivity index (χ3v) is 3.79. The summed E-state index contributed by atoms with van der Waals surface area (Å²) in [5.41, 5.74) is 0.326. The maximum atomic E-state index is 12.0. The fourth-order valence-electron chi connectivity index (χ4n) is 1.20. The van der Waals surface area contributed by atoms with Crippen molar-refractivity contribution in [2.45, 2.75) is 4.90 Å². The lowest BCUT2D eigenvalue weighted by Gasteiger charge is -2.07. The van der Waals surface area contributed by atoms with Crippen molar-refractivity contribution in [1.29, 1.82) is 0 Å². The minimum Gasteiger partial charge on any atom is -0.276 e. The van der Waals surface area contributed by atoms with Gasteiger partial charge in [-0.1, -0.05) is 22.0 Å². The van der Waals surface area contributed by atoms with Crippen LogP contribution in [0.1, 0.15) is 0 Å². The average Bonchev–Trinajstić information content (AvgIpc) is 2.30. The summed E-state index contributed by atoms with van der Waals surface area (Å²) in [6.45, 7) is 0. The van der Waals surface area contributed by atoms with Crippen LogP contribution in [0.3, 0.4) is 0 Å². The molecule has 0 radical (unpaired) electrons. The molecule has 0 aliphatic heterocycles. The average molecular weight is 314 g/mol. The van der Waals surface area contributed by atoms with Crippen molar-refractivity contribution in [3.05, 3.63) is 47.5 Å². The summed E-state index contributed by atoms with van der Waals surface area (Å²) in [4.78, 5) is 7.64. The van der Waals surface area contributed by atoms with E-state index in [0.29, 0.717) is 10.2 Å². The van der Waals surface area contributed by atoms with Gasteiger partial charge in [-0.15, -0.1) is 0 Å². The molecular formula is C10H8BrN3O2S. The zero-order chi connectivity index (χ0) is 12.3. The highest BCUT2D eigenvalue weighted by Gasteiger charge is 2.14. The number of anilines is 1. The highest BCUT2D eigenvalue weighted by molar-refractivity contribution is 9.10. The molecule has 0 fully saturated rings. The lowest BCUT2D eigenvalue weighted by atomic mass is 10.4. The van der Waals surface area contributed by atoms with Gasteiger partial charge in [-0.2, -0.15) is 0 Å². The quantitative estimate of drug-likeness (QED) is 0.941. The van der Waals surface area contributed by atoms with Gasteiger partial charge in [-0.3, -0.25) is 4.72 Å². The van der Waals surface area contributed by atoms with Gasteiger partial charge in [0, 0.05) is 4.47 Å². The molecular weight excluding hydrogens is 306 g/mol. The number of nitrogens with one attached hydrogen (secondary N) is 1. The second-order valence-electron chi connectivity index (χ2n) is 3.19. The van der Waals surface area contributed by atoms with Crippen LogP contribution in [-0.2, 0) is 10.0 Å². The van der Waals surface area contributed by atoms with Gasteiger partial charge in [0.05, 0.1) is 23.0 Å². The zero-order valence-electron chi connectivity index (χ0n) is 8.54.